The van der Waals surface area contributed by atoms with E-state index in [0.717, 1.165) is 13.0 Å². The van der Waals surface area contributed by atoms with Gasteiger partial charge in [-0.1, -0.05) is 30.7 Å². The van der Waals surface area contributed by atoms with E-state index in [4.69, 9.17) is 5.73 Å². The van der Waals surface area contributed by atoms with Gasteiger partial charge in [-0.15, -0.1) is 0 Å². The standard InChI is InChI=1S/C18H29N3O/c1-15-7-3-4-8-16(15)13-20(2)18(22)14-21-12-6-5-9-17(21)10-11-19/h3-4,7-8,17H,5-6,9-14,19H2,1-2H3. The van der Waals surface area contributed by atoms with Crippen LogP contribution in [0.3, 0.4) is 0 Å². The summed E-state index contributed by atoms with van der Waals surface area (Å²) in [5, 5.41) is 0. The third kappa shape index (κ3) is 4.55. The lowest BCUT2D eigenvalue weighted by Gasteiger charge is -2.36. The number of likely N-dealkylation sites (N-methyl/N-ethyl adjacent to an activating group) is 1. The van der Waals surface area contributed by atoms with Crippen molar-refractivity contribution in [3.63, 3.8) is 0 Å². The van der Waals surface area contributed by atoms with Crippen LogP contribution in [-0.4, -0.2) is 48.4 Å². The minimum absolute atomic E-state index is 0.201. The molecule has 1 amide bonds. The fourth-order valence-corrected chi connectivity index (χ4v) is 3.21. The van der Waals surface area contributed by atoms with Crippen LogP contribution in [0.25, 0.3) is 0 Å². The molecule has 1 aromatic rings. The molecule has 4 heteroatoms. The topological polar surface area (TPSA) is 49.6 Å². The third-order valence-corrected chi connectivity index (χ3v) is 4.68. The minimum Gasteiger partial charge on any atom is -0.340 e. The molecular weight excluding hydrogens is 274 g/mol. The zero-order chi connectivity index (χ0) is 15.9. The number of amides is 1. The Morgan fingerprint density at radius 1 is 1.36 bits per heavy atom. The van der Waals surface area contributed by atoms with Gasteiger partial charge in [-0.2, -0.15) is 0 Å². The number of likely N-dealkylation sites (tertiary alicyclic amines) is 1. The van der Waals surface area contributed by atoms with Crippen LogP contribution in [0.2, 0.25) is 0 Å². The number of nitrogens with zero attached hydrogens (tertiary/aromatic N) is 2. The highest BCUT2D eigenvalue weighted by atomic mass is 16.2. The van der Waals surface area contributed by atoms with E-state index < -0.39 is 0 Å². The smallest absolute Gasteiger partial charge is 0.236 e. The molecule has 1 unspecified atom stereocenters. The number of carbonyl (C=O) groups excluding carboxylic acids is 1. The van der Waals surface area contributed by atoms with Crippen molar-refractivity contribution < 1.29 is 4.79 Å². The second-order valence-corrected chi connectivity index (χ2v) is 6.37. The van der Waals surface area contributed by atoms with Gasteiger partial charge in [-0.25, -0.2) is 0 Å². The van der Waals surface area contributed by atoms with Crippen LogP contribution in [0.1, 0.15) is 36.8 Å². The first-order valence-electron chi connectivity index (χ1n) is 8.34. The van der Waals surface area contributed by atoms with E-state index in [-0.39, 0.29) is 5.91 Å². The van der Waals surface area contributed by atoms with Gasteiger partial charge < -0.3 is 10.6 Å². The van der Waals surface area contributed by atoms with Crippen LogP contribution in [-0.2, 0) is 11.3 Å². The number of hydrogen-bond acceptors (Lipinski definition) is 3. The maximum Gasteiger partial charge on any atom is 0.236 e. The molecule has 22 heavy (non-hydrogen) atoms. The lowest BCUT2D eigenvalue weighted by molar-refractivity contribution is -0.132. The van der Waals surface area contributed by atoms with Crippen molar-refractivity contribution in [2.45, 2.75) is 45.2 Å². The Bertz CT molecular complexity index is 487. The number of rotatable bonds is 6. The summed E-state index contributed by atoms with van der Waals surface area (Å²) in [7, 11) is 1.90. The lowest BCUT2D eigenvalue weighted by atomic mass is 9.99. The van der Waals surface area contributed by atoms with Gasteiger partial charge in [0.25, 0.3) is 0 Å². The third-order valence-electron chi connectivity index (χ3n) is 4.68. The predicted molar refractivity (Wildman–Crippen MR) is 90.5 cm³/mol. The zero-order valence-electron chi connectivity index (χ0n) is 13.9. The summed E-state index contributed by atoms with van der Waals surface area (Å²) in [4.78, 5) is 16.7. The van der Waals surface area contributed by atoms with Gasteiger partial charge in [-0.3, -0.25) is 9.69 Å². The Hall–Kier alpha value is -1.39. The molecule has 4 nitrogen and oxygen atoms in total. The average Bonchev–Trinajstić information content (AvgIpc) is 2.51. The summed E-state index contributed by atoms with van der Waals surface area (Å²) in [5.74, 6) is 0.201. The monoisotopic (exact) mass is 303 g/mol. The van der Waals surface area contributed by atoms with Gasteiger partial charge in [0, 0.05) is 19.6 Å². The number of carbonyl (C=O) groups is 1. The molecule has 122 valence electrons. The predicted octanol–water partition coefficient (Wildman–Crippen LogP) is 2.16. The number of nitrogens with two attached hydrogens (primary N) is 1. The van der Waals surface area contributed by atoms with E-state index in [1.165, 1.54) is 30.4 Å². The molecule has 2 N–H and O–H groups in total. The van der Waals surface area contributed by atoms with E-state index in [9.17, 15) is 4.79 Å². The zero-order valence-corrected chi connectivity index (χ0v) is 13.9. The Balaban J connectivity index is 1.91. The van der Waals surface area contributed by atoms with Gasteiger partial charge in [0.2, 0.25) is 5.91 Å². The van der Waals surface area contributed by atoms with E-state index in [2.05, 4.69) is 24.0 Å². The summed E-state index contributed by atoms with van der Waals surface area (Å²) < 4.78 is 0. The molecule has 1 heterocycles. The molecule has 1 aromatic carbocycles. The molecule has 0 aliphatic carbocycles. The van der Waals surface area contributed by atoms with Crippen LogP contribution in [0.5, 0.6) is 0 Å². The van der Waals surface area contributed by atoms with Crippen molar-refractivity contribution in [1.29, 1.82) is 0 Å². The molecule has 0 radical (unpaired) electrons. The van der Waals surface area contributed by atoms with Gasteiger partial charge >= 0.3 is 0 Å². The summed E-state index contributed by atoms with van der Waals surface area (Å²) in [5.41, 5.74) is 8.16. The average molecular weight is 303 g/mol. The SMILES string of the molecule is Cc1ccccc1CN(C)C(=O)CN1CCCCC1CCN. The van der Waals surface area contributed by atoms with Gasteiger partial charge in [0.15, 0.2) is 0 Å². The minimum atomic E-state index is 0.201. The number of aryl methyl sites for hydroxylation is 1. The van der Waals surface area contributed by atoms with Gasteiger partial charge in [0.1, 0.15) is 0 Å². The summed E-state index contributed by atoms with van der Waals surface area (Å²) in [6.45, 7) is 5.02. The Labute approximate surface area is 134 Å². The van der Waals surface area contributed by atoms with E-state index in [1.54, 1.807) is 0 Å². The molecule has 1 saturated heterocycles. The maximum atomic E-state index is 12.5. The molecule has 1 aliphatic rings. The highest BCUT2D eigenvalue weighted by Crippen LogP contribution is 2.19. The summed E-state index contributed by atoms with van der Waals surface area (Å²) in [6.07, 6.45) is 4.62. The molecule has 0 saturated carbocycles. The summed E-state index contributed by atoms with van der Waals surface area (Å²) >= 11 is 0. The molecule has 0 spiro atoms. The van der Waals surface area contributed by atoms with Crippen LogP contribution in [0, 0.1) is 6.92 Å². The first-order chi connectivity index (χ1) is 10.6. The second-order valence-electron chi connectivity index (χ2n) is 6.37. The first-order valence-corrected chi connectivity index (χ1v) is 8.34. The van der Waals surface area contributed by atoms with Gasteiger partial charge in [0.05, 0.1) is 6.54 Å². The lowest BCUT2D eigenvalue weighted by Crippen LogP contribution is -2.46. The second kappa shape index (κ2) is 8.30. The first kappa shape index (κ1) is 17.0. The molecule has 1 aliphatic heterocycles. The highest BCUT2D eigenvalue weighted by Gasteiger charge is 2.24. The number of piperidine rings is 1. The van der Waals surface area contributed by atoms with Crippen LogP contribution in [0.4, 0.5) is 0 Å². The fourth-order valence-electron chi connectivity index (χ4n) is 3.21. The maximum absolute atomic E-state index is 12.5. The Morgan fingerprint density at radius 2 is 2.14 bits per heavy atom. The largest absolute Gasteiger partial charge is 0.340 e. The van der Waals surface area contributed by atoms with E-state index >= 15 is 0 Å². The van der Waals surface area contributed by atoms with Crippen molar-refractivity contribution in [3.05, 3.63) is 35.4 Å². The molecule has 2 rings (SSSR count). The van der Waals surface area contributed by atoms with Crippen molar-refractivity contribution in [3.8, 4) is 0 Å². The van der Waals surface area contributed by atoms with E-state index in [1.807, 2.05) is 24.1 Å². The molecule has 0 bridgehead atoms. The molecular formula is C18H29N3O. The quantitative estimate of drug-likeness (QED) is 0.876. The van der Waals surface area contributed by atoms with Crippen molar-refractivity contribution in [2.75, 3.05) is 26.7 Å². The molecule has 0 aromatic heterocycles. The van der Waals surface area contributed by atoms with Crippen LogP contribution in [0.15, 0.2) is 24.3 Å². The van der Waals surface area contributed by atoms with Crippen LogP contribution < -0.4 is 5.73 Å². The summed E-state index contributed by atoms with van der Waals surface area (Å²) in [6, 6.07) is 8.73. The highest BCUT2D eigenvalue weighted by molar-refractivity contribution is 5.78. The molecule has 1 fully saturated rings. The van der Waals surface area contributed by atoms with Crippen molar-refractivity contribution in [1.82, 2.24) is 9.80 Å². The molecule has 1 atom stereocenters. The van der Waals surface area contributed by atoms with Gasteiger partial charge in [-0.05, 0) is 50.4 Å². The fraction of sp³-hybridized carbons (Fsp3) is 0.611. The normalized spacial score (nSPS) is 19.1. The van der Waals surface area contributed by atoms with E-state index in [0.29, 0.717) is 25.7 Å². The Morgan fingerprint density at radius 3 is 2.86 bits per heavy atom. The van der Waals surface area contributed by atoms with Crippen LogP contribution >= 0.6 is 0 Å². The van der Waals surface area contributed by atoms with Crippen molar-refractivity contribution in [2.24, 2.45) is 5.73 Å². The Kier molecular flexibility index (Phi) is 6.40. The van der Waals surface area contributed by atoms with Crippen molar-refractivity contribution >= 4 is 5.91 Å². The number of hydrogen-bond donors (Lipinski definition) is 1. The number of benzene rings is 1.